The fourth-order valence-corrected chi connectivity index (χ4v) is 2.40. The van der Waals surface area contributed by atoms with Gasteiger partial charge in [-0.05, 0) is 23.6 Å². The van der Waals surface area contributed by atoms with Gasteiger partial charge in [0.15, 0.2) is 0 Å². The molecule has 1 aliphatic heterocycles. The maximum absolute atomic E-state index is 11.7. The number of phenolic OH excluding ortho intramolecular Hbond substituents is 1. The van der Waals surface area contributed by atoms with E-state index in [0.717, 1.165) is 4.47 Å². The summed E-state index contributed by atoms with van der Waals surface area (Å²) >= 11 is 3.30. The Morgan fingerprint density at radius 2 is 1.82 bits per heavy atom. The summed E-state index contributed by atoms with van der Waals surface area (Å²) in [5.74, 6) is -0.896. The summed E-state index contributed by atoms with van der Waals surface area (Å²) in [7, 11) is 0. The molecule has 0 spiro atoms. The number of benzene rings is 2. The van der Waals surface area contributed by atoms with Crippen molar-refractivity contribution in [1.29, 1.82) is 0 Å². The van der Waals surface area contributed by atoms with Gasteiger partial charge < -0.3 is 5.11 Å². The van der Waals surface area contributed by atoms with Gasteiger partial charge in [-0.2, -0.15) is 0 Å². The third-order valence-corrected chi connectivity index (χ3v) is 3.27. The molecule has 2 N–H and O–H groups in total. The van der Waals surface area contributed by atoms with Crippen molar-refractivity contribution in [2.75, 3.05) is 0 Å². The summed E-state index contributed by atoms with van der Waals surface area (Å²) in [5, 5.41) is 13.2. The Labute approximate surface area is 104 Å². The third-order valence-electron chi connectivity index (χ3n) is 2.78. The van der Waals surface area contributed by atoms with E-state index in [1.54, 1.807) is 18.2 Å². The zero-order chi connectivity index (χ0) is 12.2. The first-order chi connectivity index (χ1) is 8.08. The minimum atomic E-state index is -0.467. The molecule has 17 heavy (non-hydrogen) atoms. The molecule has 2 aromatic carbocycles. The lowest BCUT2D eigenvalue weighted by molar-refractivity contribution is 0.0880. The minimum Gasteiger partial charge on any atom is -0.507 e. The zero-order valence-corrected chi connectivity index (χ0v) is 10.0. The second kappa shape index (κ2) is 3.30. The third kappa shape index (κ3) is 1.36. The highest BCUT2D eigenvalue weighted by atomic mass is 79.9. The molecule has 0 atom stereocenters. The molecule has 84 valence electrons. The predicted molar refractivity (Wildman–Crippen MR) is 65.1 cm³/mol. The van der Waals surface area contributed by atoms with Crippen LogP contribution in [0.5, 0.6) is 5.75 Å². The summed E-state index contributed by atoms with van der Waals surface area (Å²) in [6, 6.07) is 6.50. The largest absolute Gasteiger partial charge is 0.507 e. The Bertz CT molecular complexity index is 694. The van der Waals surface area contributed by atoms with Crippen molar-refractivity contribution >= 4 is 38.5 Å². The molecule has 0 saturated heterocycles. The van der Waals surface area contributed by atoms with Gasteiger partial charge in [0.1, 0.15) is 5.75 Å². The number of aromatic hydroxyl groups is 1. The van der Waals surface area contributed by atoms with Crippen molar-refractivity contribution in [3.63, 3.8) is 0 Å². The Kier molecular flexibility index (Phi) is 2.00. The smallest absolute Gasteiger partial charge is 0.259 e. The number of rotatable bonds is 0. The topological polar surface area (TPSA) is 66.4 Å². The SMILES string of the molecule is O=C1NC(=O)c2c1cc(O)c1cc(Br)ccc21. The van der Waals surface area contributed by atoms with Crippen LogP contribution >= 0.6 is 15.9 Å². The Morgan fingerprint density at radius 1 is 1.06 bits per heavy atom. The Morgan fingerprint density at radius 3 is 2.59 bits per heavy atom. The molecular formula is C12H6BrNO3. The lowest BCUT2D eigenvalue weighted by Gasteiger charge is -2.05. The fraction of sp³-hybridized carbons (Fsp3) is 0. The molecule has 3 rings (SSSR count). The van der Waals surface area contributed by atoms with Gasteiger partial charge in [0, 0.05) is 9.86 Å². The molecule has 2 amide bonds. The van der Waals surface area contributed by atoms with Crippen LogP contribution < -0.4 is 5.32 Å². The summed E-state index contributed by atoms with van der Waals surface area (Å²) in [6.45, 7) is 0. The number of fused-ring (bicyclic) bond motifs is 3. The van der Waals surface area contributed by atoms with E-state index in [1.807, 2.05) is 0 Å². The first-order valence-electron chi connectivity index (χ1n) is 4.89. The van der Waals surface area contributed by atoms with Gasteiger partial charge in [-0.15, -0.1) is 0 Å². The molecule has 0 aliphatic carbocycles. The molecule has 0 aromatic heterocycles. The maximum Gasteiger partial charge on any atom is 0.259 e. The van der Waals surface area contributed by atoms with E-state index in [-0.39, 0.29) is 11.3 Å². The van der Waals surface area contributed by atoms with Crippen molar-refractivity contribution in [2.45, 2.75) is 0 Å². The minimum absolute atomic E-state index is 0.00935. The number of imide groups is 1. The van der Waals surface area contributed by atoms with Crippen molar-refractivity contribution in [3.8, 4) is 5.75 Å². The molecule has 0 bridgehead atoms. The standard InChI is InChI=1S/C12H6BrNO3/c13-5-1-2-6-7(3-5)9(15)4-8-10(6)12(17)14-11(8)16/h1-4,15H,(H,14,16,17). The maximum atomic E-state index is 11.7. The lowest BCUT2D eigenvalue weighted by atomic mass is 9.99. The van der Waals surface area contributed by atoms with Crippen LogP contribution in [-0.4, -0.2) is 16.9 Å². The van der Waals surface area contributed by atoms with Crippen LogP contribution in [0.3, 0.4) is 0 Å². The normalized spacial score (nSPS) is 13.9. The molecule has 0 radical (unpaired) electrons. The van der Waals surface area contributed by atoms with E-state index < -0.39 is 11.8 Å². The van der Waals surface area contributed by atoms with E-state index in [2.05, 4.69) is 21.2 Å². The zero-order valence-electron chi connectivity index (χ0n) is 8.45. The van der Waals surface area contributed by atoms with Crippen LogP contribution in [0.2, 0.25) is 0 Å². The molecule has 5 heteroatoms. The predicted octanol–water partition coefficient (Wildman–Crippen LogP) is 2.19. The number of halogens is 1. The van der Waals surface area contributed by atoms with Crippen LogP contribution in [0.1, 0.15) is 20.7 Å². The number of carbonyl (C=O) groups excluding carboxylic acids is 2. The van der Waals surface area contributed by atoms with E-state index in [0.29, 0.717) is 16.3 Å². The lowest BCUT2D eigenvalue weighted by Crippen LogP contribution is -2.19. The number of carbonyl (C=O) groups is 2. The first-order valence-corrected chi connectivity index (χ1v) is 5.68. The van der Waals surface area contributed by atoms with Crippen molar-refractivity contribution in [1.82, 2.24) is 5.32 Å². The fourth-order valence-electron chi connectivity index (χ4n) is 2.03. The number of nitrogens with one attached hydrogen (secondary N) is 1. The molecule has 1 heterocycles. The molecule has 0 saturated carbocycles. The molecule has 4 nitrogen and oxygen atoms in total. The quantitative estimate of drug-likeness (QED) is 0.731. The van der Waals surface area contributed by atoms with Gasteiger partial charge in [-0.25, -0.2) is 0 Å². The number of phenols is 1. The van der Waals surface area contributed by atoms with Gasteiger partial charge in [-0.1, -0.05) is 22.0 Å². The van der Waals surface area contributed by atoms with E-state index >= 15 is 0 Å². The number of hydrogen-bond donors (Lipinski definition) is 2. The van der Waals surface area contributed by atoms with Gasteiger partial charge in [0.2, 0.25) is 0 Å². The highest BCUT2D eigenvalue weighted by Gasteiger charge is 2.29. The monoisotopic (exact) mass is 291 g/mol. The average molecular weight is 292 g/mol. The molecule has 0 fully saturated rings. The van der Waals surface area contributed by atoms with Crippen molar-refractivity contribution in [3.05, 3.63) is 39.9 Å². The summed E-state index contributed by atoms with van der Waals surface area (Å²) in [6.07, 6.45) is 0. The summed E-state index contributed by atoms with van der Waals surface area (Å²) in [5.41, 5.74) is 0.553. The number of amides is 2. The van der Waals surface area contributed by atoms with Crippen LogP contribution in [-0.2, 0) is 0 Å². The summed E-state index contributed by atoms with van der Waals surface area (Å²) in [4.78, 5) is 23.1. The van der Waals surface area contributed by atoms with E-state index in [4.69, 9.17) is 0 Å². The Balaban J connectivity index is 2.51. The summed E-state index contributed by atoms with van der Waals surface area (Å²) < 4.78 is 0.796. The van der Waals surface area contributed by atoms with E-state index in [9.17, 15) is 14.7 Å². The second-order valence-corrected chi connectivity index (χ2v) is 4.71. The van der Waals surface area contributed by atoms with Crippen LogP contribution in [0.25, 0.3) is 10.8 Å². The molecule has 0 unspecified atom stereocenters. The molecular weight excluding hydrogens is 286 g/mol. The van der Waals surface area contributed by atoms with Crippen LogP contribution in [0.4, 0.5) is 0 Å². The van der Waals surface area contributed by atoms with Gasteiger partial charge in [-0.3, -0.25) is 14.9 Å². The van der Waals surface area contributed by atoms with Crippen molar-refractivity contribution < 1.29 is 14.7 Å². The van der Waals surface area contributed by atoms with Gasteiger partial charge in [0.05, 0.1) is 11.1 Å². The number of hydrogen-bond acceptors (Lipinski definition) is 3. The first kappa shape index (κ1) is 10.3. The van der Waals surface area contributed by atoms with Gasteiger partial charge >= 0.3 is 0 Å². The van der Waals surface area contributed by atoms with Crippen molar-refractivity contribution in [2.24, 2.45) is 0 Å². The Hall–Kier alpha value is -1.88. The highest BCUT2D eigenvalue weighted by molar-refractivity contribution is 9.10. The van der Waals surface area contributed by atoms with Crippen LogP contribution in [0, 0.1) is 0 Å². The average Bonchev–Trinajstić information content (AvgIpc) is 2.55. The van der Waals surface area contributed by atoms with Gasteiger partial charge in [0.25, 0.3) is 11.8 Å². The van der Waals surface area contributed by atoms with Crippen LogP contribution in [0.15, 0.2) is 28.7 Å². The molecule has 1 aliphatic rings. The molecule has 2 aromatic rings. The second-order valence-electron chi connectivity index (χ2n) is 3.79. The van der Waals surface area contributed by atoms with E-state index in [1.165, 1.54) is 6.07 Å². The highest BCUT2D eigenvalue weighted by Crippen LogP contribution is 2.34.